The van der Waals surface area contributed by atoms with Crippen LogP contribution in [-0.2, 0) is 4.79 Å². The van der Waals surface area contributed by atoms with Gasteiger partial charge in [0.25, 0.3) is 11.8 Å². The normalized spacial score (nSPS) is 10.6. The molecule has 174 valence electrons. The molecule has 0 saturated heterocycles. The summed E-state index contributed by atoms with van der Waals surface area (Å²) in [6.07, 6.45) is 1.29. The summed E-state index contributed by atoms with van der Waals surface area (Å²) < 4.78 is 0. The van der Waals surface area contributed by atoms with Crippen LogP contribution in [0.25, 0.3) is 0 Å². The van der Waals surface area contributed by atoms with E-state index in [0.717, 1.165) is 22.3 Å². The van der Waals surface area contributed by atoms with Crippen molar-refractivity contribution in [3.8, 4) is 0 Å². The molecule has 5 heteroatoms. The molecule has 0 atom stereocenters. The van der Waals surface area contributed by atoms with E-state index in [1.165, 1.54) is 0 Å². The molecule has 0 aromatic heterocycles. The summed E-state index contributed by atoms with van der Waals surface area (Å²) in [6.45, 7) is 6.69. The first kappa shape index (κ1) is 26.3. The molecule has 0 unspecified atom stereocenters. The van der Waals surface area contributed by atoms with Gasteiger partial charge in [0, 0.05) is 26.2 Å². The van der Waals surface area contributed by atoms with Crippen LogP contribution in [-0.4, -0.2) is 43.5 Å². The summed E-state index contributed by atoms with van der Waals surface area (Å²) in [5, 5.41) is 6.32. The van der Waals surface area contributed by atoms with Gasteiger partial charge in [-0.05, 0) is 55.0 Å². The topological polar surface area (TPSA) is 49.4 Å². The number of rotatable bonds is 8. The number of carbonyl (C=O) groups excluding carboxylic acids is 2. The monoisotopic (exact) mass is 463 g/mol. The summed E-state index contributed by atoms with van der Waals surface area (Å²) in [7, 11) is 1.34. The highest BCUT2D eigenvalue weighted by molar-refractivity contribution is 7.96. The summed E-state index contributed by atoms with van der Waals surface area (Å²) in [4.78, 5) is 27.1. The molecule has 0 fully saturated rings. The van der Waals surface area contributed by atoms with Crippen LogP contribution >= 0.6 is 7.26 Å². The Labute approximate surface area is 199 Å². The van der Waals surface area contributed by atoms with Crippen molar-refractivity contribution in [1.82, 2.24) is 10.2 Å². The van der Waals surface area contributed by atoms with Crippen molar-refractivity contribution in [2.75, 3.05) is 26.8 Å². The summed E-state index contributed by atoms with van der Waals surface area (Å²) in [6, 6.07) is 28.4. The number of hydrogen-bond donors (Lipinski definition) is 1. The minimum atomic E-state index is -2.26. The van der Waals surface area contributed by atoms with Crippen molar-refractivity contribution in [3.05, 3.63) is 90.5 Å². The van der Waals surface area contributed by atoms with Crippen LogP contribution in [0.3, 0.4) is 0 Å². The van der Waals surface area contributed by atoms with E-state index < -0.39 is 7.26 Å². The highest BCUT2D eigenvalue weighted by Gasteiger charge is 2.47. The van der Waals surface area contributed by atoms with E-state index in [4.69, 9.17) is 0 Å². The van der Waals surface area contributed by atoms with Crippen molar-refractivity contribution in [1.29, 1.82) is 0 Å². The SMILES string of the molecule is CC.CCCNC(=O)c1ccc([P+](CC(=O)N(C)C)(c2ccccc2)c2ccccc2)cc1. The Bertz CT molecular complexity index is 964. The van der Waals surface area contributed by atoms with Crippen molar-refractivity contribution in [2.24, 2.45) is 0 Å². The van der Waals surface area contributed by atoms with E-state index in [1.54, 1.807) is 19.0 Å². The molecule has 2 amide bonds. The maximum atomic E-state index is 13.1. The zero-order chi connectivity index (χ0) is 24.3. The number of benzene rings is 3. The number of amides is 2. The Balaban J connectivity index is 0.00000187. The van der Waals surface area contributed by atoms with Crippen LogP contribution < -0.4 is 21.2 Å². The van der Waals surface area contributed by atoms with Crippen LogP contribution in [0.1, 0.15) is 37.6 Å². The predicted molar refractivity (Wildman–Crippen MR) is 143 cm³/mol. The minimum absolute atomic E-state index is 0.0684. The third-order valence-corrected chi connectivity index (χ3v) is 9.65. The first-order valence-corrected chi connectivity index (χ1v) is 13.5. The first-order chi connectivity index (χ1) is 16.0. The molecule has 0 heterocycles. The minimum Gasteiger partial charge on any atom is -0.352 e. The van der Waals surface area contributed by atoms with Gasteiger partial charge < -0.3 is 10.2 Å². The number of hydrogen-bond acceptors (Lipinski definition) is 2. The highest BCUT2D eigenvalue weighted by Crippen LogP contribution is 2.55. The molecule has 0 aliphatic carbocycles. The third kappa shape index (κ3) is 6.30. The maximum absolute atomic E-state index is 13.1. The molecule has 0 saturated carbocycles. The van der Waals surface area contributed by atoms with Crippen LogP contribution in [0.5, 0.6) is 0 Å². The molecule has 0 radical (unpaired) electrons. The summed E-state index contributed by atoms with van der Waals surface area (Å²) in [5.74, 6) is 0.0203. The smallest absolute Gasteiger partial charge is 0.260 e. The summed E-state index contributed by atoms with van der Waals surface area (Å²) in [5.41, 5.74) is 0.635. The fourth-order valence-corrected chi connectivity index (χ4v) is 7.79. The Morgan fingerprint density at radius 2 is 1.21 bits per heavy atom. The quantitative estimate of drug-likeness (QED) is 0.508. The second-order valence-electron chi connectivity index (χ2n) is 7.73. The number of nitrogens with one attached hydrogen (secondary N) is 1. The van der Waals surface area contributed by atoms with Crippen molar-refractivity contribution in [3.63, 3.8) is 0 Å². The van der Waals surface area contributed by atoms with Crippen LogP contribution in [0.2, 0.25) is 0 Å². The average molecular weight is 464 g/mol. The maximum Gasteiger partial charge on any atom is 0.260 e. The molecule has 0 aliphatic rings. The Morgan fingerprint density at radius 1 is 0.758 bits per heavy atom. The fraction of sp³-hybridized carbons (Fsp3) is 0.286. The van der Waals surface area contributed by atoms with Gasteiger partial charge in [0.05, 0.1) is 0 Å². The fourth-order valence-electron chi connectivity index (χ4n) is 3.64. The van der Waals surface area contributed by atoms with E-state index in [2.05, 4.69) is 29.6 Å². The average Bonchev–Trinajstić information content (AvgIpc) is 2.88. The highest BCUT2D eigenvalue weighted by atomic mass is 31.2. The van der Waals surface area contributed by atoms with E-state index in [-0.39, 0.29) is 11.8 Å². The van der Waals surface area contributed by atoms with Crippen molar-refractivity contribution >= 4 is 35.0 Å². The van der Waals surface area contributed by atoms with Gasteiger partial charge in [-0.25, -0.2) is 0 Å². The molecule has 3 aromatic carbocycles. The molecule has 3 rings (SSSR count). The molecule has 3 aromatic rings. The van der Waals surface area contributed by atoms with Gasteiger partial charge in [0.15, 0.2) is 6.16 Å². The molecular formula is C28H36N2O2P+. The standard InChI is InChI=1S/C26H29N2O2P.C2H6/c1-4-19-27-26(30)21-15-17-24(18-16-21)31(20-25(29)28(2)3,22-11-7-5-8-12-22)23-13-9-6-10-14-23;1-2/h5-18H,4,19-20H2,1-3H3;1-2H3/p+1. The Kier molecular flexibility index (Phi) is 10.3. The molecule has 33 heavy (non-hydrogen) atoms. The number of carbonyl (C=O) groups is 2. The second-order valence-corrected chi connectivity index (χ2v) is 11.2. The van der Waals surface area contributed by atoms with E-state index in [1.807, 2.05) is 81.4 Å². The van der Waals surface area contributed by atoms with Crippen LogP contribution in [0.15, 0.2) is 84.9 Å². The molecule has 0 spiro atoms. The lowest BCUT2D eigenvalue weighted by Crippen LogP contribution is -2.39. The van der Waals surface area contributed by atoms with Gasteiger partial charge in [-0.3, -0.25) is 9.59 Å². The Morgan fingerprint density at radius 3 is 1.64 bits per heavy atom. The molecule has 0 aliphatic heterocycles. The van der Waals surface area contributed by atoms with Gasteiger partial charge in [-0.2, -0.15) is 0 Å². The molecule has 4 nitrogen and oxygen atoms in total. The lowest BCUT2D eigenvalue weighted by molar-refractivity contribution is -0.125. The van der Waals surface area contributed by atoms with E-state index in [9.17, 15) is 9.59 Å². The van der Waals surface area contributed by atoms with Gasteiger partial charge in [0.2, 0.25) is 0 Å². The van der Waals surface area contributed by atoms with Crippen LogP contribution in [0.4, 0.5) is 0 Å². The zero-order valence-corrected chi connectivity index (χ0v) is 21.3. The van der Waals surface area contributed by atoms with Crippen molar-refractivity contribution in [2.45, 2.75) is 27.2 Å². The van der Waals surface area contributed by atoms with Crippen LogP contribution in [0, 0.1) is 0 Å². The lowest BCUT2D eigenvalue weighted by atomic mass is 10.2. The van der Waals surface area contributed by atoms with Gasteiger partial charge in [-0.1, -0.05) is 57.2 Å². The third-order valence-electron chi connectivity index (χ3n) is 5.37. The molecule has 0 bridgehead atoms. The van der Waals surface area contributed by atoms with Gasteiger partial charge in [0.1, 0.15) is 23.2 Å². The zero-order valence-electron chi connectivity index (χ0n) is 20.4. The van der Waals surface area contributed by atoms with E-state index in [0.29, 0.717) is 18.3 Å². The van der Waals surface area contributed by atoms with Gasteiger partial charge >= 0.3 is 0 Å². The molecular weight excluding hydrogens is 427 g/mol. The van der Waals surface area contributed by atoms with E-state index >= 15 is 0 Å². The first-order valence-electron chi connectivity index (χ1n) is 11.6. The number of nitrogens with zero attached hydrogens (tertiary/aromatic N) is 1. The second kappa shape index (κ2) is 12.9. The van der Waals surface area contributed by atoms with Gasteiger partial charge in [-0.15, -0.1) is 0 Å². The van der Waals surface area contributed by atoms with Crippen molar-refractivity contribution < 1.29 is 9.59 Å². The predicted octanol–water partition coefficient (Wildman–Crippen LogP) is 4.23. The molecule has 1 N–H and O–H groups in total. The lowest BCUT2D eigenvalue weighted by Gasteiger charge is -2.28. The largest absolute Gasteiger partial charge is 0.352 e. The Hall–Kier alpha value is -2.97. The summed E-state index contributed by atoms with van der Waals surface area (Å²) >= 11 is 0.